The predicted molar refractivity (Wildman–Crippen MR) is 268 cm³/mol. The summed E-state index contributed by atoms with van der Waals surface area (Å²) in [4.78, 5) is 5.77. The van der Waals surface area contributed by atoms with E-state index >= 15 is 0 Å². The molecule has 2 unspecified atom stereocenters. The van der Waals surface area contributed by atoms with Gasteiger partial charge in [-0.1, -0.05) is 144 Å². The van der Waals surface area contributed by atoms with Gasteiger partial charge in [0.15, 0.2) is 0 Å². The first-order chi connectivity index (χ1) is 29.0. The van der Waals surface area contributed by atoms with E-state index in [2.05, 4.69) is 110 Å². The second kappa shape index (κ2) is 20.1. The molecule has 0 amide bonds. The first kappa shape index (κ1) is 43.1. The lowest BCUT2D eigenvalue weighted by Crippen LogP contribution is -2.02. The lowest BCUT2D eigenvalue weighted by atomic mass is 9.95. The van der Waals surface area contributed by atoms with Crippen LogP contribution in [0.2, 0.25) is 0 Å². The molecule has 7 heterocycles. The van der Waals surface area contributed by atoms with E-state index in [-0.39, 0.29) is 0 Å². The molecule has 0 aliphatic heterocycles. The number of hydrogen-bond acceptors (Lipinski definition) is 7. The van der Waals surface area contributed by atoms with Crippen molar-refractivity contribution < 1.29 is 0 Å². The molecule has 8 aromatic rings. The van der Waals surface area contributed by atoms with Crippen LogP contribution in [0.25, 0.3) is 72.8 Å². The molecule has 0 bridgehead atoms. The third-order valence-corrected chi connectivity index (χ3v) is 18.5. The number of thiophene rings is 4. The Morgan fingerprint density at radius 1 is 0.475 bits per heavy atom. The Hall–Kier alpha value is -2.56. The molecule has 0 aliphatic rings. The average molecular weight is 883 g/mol. The molecule has 4 nitrogen and oxygen atoms in total. The van der Waals surface area contributed by atoms with Crippen LogP contribution in [-0.4, -0.2) is 17.9 Å². The summed E-state index contributed by atoms with van der Waals surface area (Å²) < 4.78 is 21.3. The van der Waals surface area contributed by atoms with Crippen LogP contribution < -0.4 is 0 Å². The molecule has 9 heteroatoms. The number of benzene rings is 1. The van der Waals surface area contributed by atoms with E-state index in [9.17, 15) is 0 Å². The maximum absolute atomic E-state index is 5.02. The van der Waals surface area contributed by atoms with E-state index in [1.54, 1.807) is 9.75 Å². The summed E-state index contributed by atoms with van der Waals surface area (Å²) in [7, 11) is 0. The molecular formula is C50H66N4S5. The van der Waals surface area contributed by atoms with Crippen LogP contribution in [0.4, 0.5) is 0 Å². The minimum Gasteiger partial charge on any atom is -0.339 e. The first-order valence-electron chi connectivity index (χ1n) is 23.3. The van der Waals surface area contributed by atoms with Gasteiger partial charge in [0.25, 0.3) is 0 Å². The fraction of sp³-hybridized carbons (Fsp3) is 0.560. The molecule has 0 saturated carbocycles. The zero-order valence-corrected chi connectivity index (χ0v) is 40.7. The normalized spacial score (nSPS) is 13.5. The minimum absolute atomic E-state index is 0.783. The van der Waals surface area contributed by atoms with Crippen LogP contribution in [0, 0.1) is 11.8 Å². The highest BCUT2D eigenvalue weighted by Crippen LogP contribution is 2.48. The van der Waals surface area contributed by atoms with Crippen LogP contribution in [0.1, 0.15) is 154 Å². The summed E-state index contributed by atoms with van der Waals surface area (Å²) in [6.07, 6.45) is 23.1. The van der Waals surface area contributed by atoms with E-state index in [4.69, 9.17) is 8.75 Å². The molecule has 8 rings (SSSR count). The summed E-state index contributed by atoms with van der Waals surface area (Å²) in [6.45, 7) is 16.2. The van der Waals surface area contributed by atoms with Crippen molar-refractivity contribution in [2.75, 3.05) is 0 Å². The highest BCUT2D eigenvalue weighted by Gasteiger charge is 2.24. The van der Waals surface area contributed by atoms with Gasteiger partial charge >= 0.3 is 0 Å². The Labute approximate surface area is 373 Å². The van der Waals surface area contributed by atoms with Gasteiger partial charge in [-0.2, -0.15) is 8.75 Å². The van der Waals surface area contributed by atoms with Crippen LogP contribution in [0.5, 0.6) is 0 Å². The average Bonchev–Trinajstić information content (AvgIpc) is 4.11. The van der Waals surface area contributed by atoms with Crippen LogP contribution in [0.3, 0.4) is 0 Å². The van der Waals surface area contributed by atoms with Crippen LogP contribution in [0.15, 0.2) is 36.4 Å². The van der Waals surface area contributed by atoms with Crippen molar-refractivity contribution in [1.29, 1.82) is 0 Å². The van der Waals surface area contributed by atoms with Crippen molar-refractivity contribution in [3.05, 3.63) is 46.2 Å². The summed E-state index contributed by atoms with van der Waals surface area (Å²) in [5.74, 6) is 1.57. The number of unbranched alkanes of at least 4 members (excludes halogenated alkanes) is 8. The lowest BCUT2D eigenvalue weighted by Gasteiger charge is -2.12. The molecule has 0 radical (unpaired) electrons. The SMILES string of the molecule is CCCCCCn1c2cc(CC(CC)CCCC)sc2c2sc(-c3ccc(-c4cc5c(s4)c4sc(CC(CC)CCCC)cc4n5CCCCCC)c4nsnc34)cc21. The third-order valence-electron chi connectivity index (χ3n) is 13.0. The van der Waals surface area contributed by atoms with Crippen molar-refractivity contribution in [1.82, 2.24) is 17.9 Å². The van der Waals surface area contributed by atoms with Gasteiger partial charge in [0.2, 0.25) is 0 Å². The minimum atomic E-state index is 0.783. The molecule has 0 aliphatic carbocycles. The van der Waals surface area contributed by atoms with Gasteiger partial charge in [0.1, 0.15) is 11.0 Å². The fourth-order valence-electron chi connectivity index (χ4n) is 9.40. The number of nitrogens with zero attached hydrogens (tertiary/aromatic N) is 4. The van der Waals surface area contributed by atoms with Crippen LogP contribution >= 0.6 is 57.1 Å². The molecule has 59 heavy (non-hydrogen) atoms. The topological polar surface area (TPSA) is 35.6 Å². The zero-order chi connectivity index (χ0) is 40.9. The van der Waals surface area contributed by atoms with Crippen molar-refractivity contribution in [3.8, 4) is 20.9 Å². The molecule has 316 valence electrons. The molecule has 0 N–H and O–H groups in total. The summed E-state index contributed by atoms with van der Waals surface area (Å²) >= 11 is 9.45. The van der Waals surface area contributed by atoms with Crippen molar-refractivity contribution in [2.24, 2.45) is 11.8 Å². The number of fused-ring (bicyclic) bond motifs is 7. The number of aryl methyl sites for hydroxylation is 2. The molecule has 0 saturated heterocycles. The maximum Gasteiger partial charge on any atom is 0.114 e. The van der Waals surface area contributed by atoms with Gasteiger partial charge in [0.05, 0.1) is 52.6 Å². The number of aromatic nitrogens is 4. The monoisotopic (exact) mass is 882 g/mol. The molecule has 0 fully saturated rings. The van der Waals surface area contributed by atoms with Crippen molar-refractivity contribution in [2.45, 2.75) is 170 Å². The van der Waals surface area contributed by atoms with E-state index in [1.807, 2.05) is 22.7 Å². The standard InChI is InChI=1S/C50H66N4S5/c1-7-13-17-19-25-53-39-29-35(27-33(11-5)21-15-9-3)55-47(39)49-41(53)31-43(57-49)37-23-24-38(46-45(37)51-59-52-46)44-32-42-50(58-44)48-40(54(42)26-20-18-14-8-2)30-36(56-48)28-34(12-6)22-16-10-4/h23-24,29-34H,7-22,25-28H2,1-6H3. The third kappa shape index (κ3) is 9.03. The smallest absolute Gasteiger partial charge is 0.114 e. The molecule has 0 spiro atoms. The second-order valence-corrected chi connectivity index (χ2v) is 22.2. The highest BCUT2D eigenvalue weighted by molar-refractivity contribution is 7.29. The summed E-state index contributed by atoms with van der Waals surface area (Å²) in [5.41, 5.74) is 10.3. The quantitative estimate of drug-likeness (QED) is 0.0567. The largest absolute Gasteiger partial charge is 0.339 e. The number of rotatable bonds is 24. The molecular weight excluding hydrogens is 817 g/mol. The van der Waals surface area contributed by atoms with Gasteiger partial charge in [-0.15, -0.1) is 45.3 Å². The molecule has 2 atom stereocenters. The van der Waals surface area contributed by atoms with Crippen molar-refractivity contribution in [3.63, 3.8) is 0 Å². The summed E-state index contributed by atoms with van der Waals surface area (Å²) in [6, 6.07) is 14.8. The second-order valence-electron chi connectivity index (χ2n) is 17.3. The Kier molecular flexibility index (Phi) is 14.7. The van der Waals surface area contributed by atoms with Gasteiger partial charge in [-0.05, 0) is 61.8 Å². The maximum atomic E-state index is 5.02. The Bertz CT molecular complexity index is 2410. The van der Waals surface area contributed by atoms with E-state index in [1.165, 1.54) is 189 Å². The van der Waals surface area contributed by atoms with E-state index in [0.717, 1.165) is 36.0 Å². The molecule has 7 aromatic heterocycles. The van der Waals surface area contributed by atoms with E-state index < -0.39 is 0 Å². The lowest BCUT2D eigenvalue weighted by molar-refractivity contribution is 0.452. The highest BCUT2D eigenvalue weighted by atomic mass is 32.1. The summed E-state index contributed by atoms with van der Waals surface area (Å²) in [5, 5.41) is 0. The Morgan fingerprint density at radius 2 is 0.881 bits per heavy atom. The molecule has 1 aromatic carbocycles. The first-order valence-corrected chi connectivity index (χ1v) is 27.3. The Balaban J connectivity index is 1.15. The van der Waals surface area contributed by atoms with Gasteiger partial charge < -0.3 is 9.13 Å². The van der Waals surface area contributed by atoms with Gasteiger partial charge in [-0.25, -0.2) is 0 Å². The fourth-order valence-corrected chi connectivity index (χ4v) is 15.2. The van der Waals surface area contributed by atoms with Gasteiger partial charge in [-0.3, -0.25) is 0 Å². The number of hydrogen-bond donors (Lipinski definition) is 0. The Morgan fingerprint density at radius 3 is 1.29 bits per heavy atom. The van der Waals surface area contributed by atoms with E-state index in [0.29, 0.717) is 0 Å². The van der Waals surface area contributed by atoms with Crippen molar-refractivity contribution >= 4 is 109 Å². The zero-order valence-electron chi connectivity index (χ0n) is 36.6. The van der Waals surface area contributed by atoms with Crippen LogP contribution in [-0.2, 0) is 25.9 Å². The predicted octanol–water partition coefficient (Wildman–Crippen LogP) is 18.2. The van der Waals surface area contributed by atoms with Gasteiger partial charge in [0, 0.05) is 43.7 Å².